The van der Waals surface area contributed by atoms with Crippen molar-refractivity contribution in [3.05, 3.63) is 39.9 Å². The van der Waals surface area contributed by atoms with Gasteiger partial charge in [-0.25, -0.2) is 0 Å². The first-order valence-corrected chi connectivity index (χ1v) is 6.64. The minimum atomic E-state index is -0.591. The van der Waals surface area contributed by atoms with E-state index in [-0.39, 0.29) is 22.9 Å². The summed E-state index contributed by atoms with van der Waals surface area (Å²) in [4.78, 5) is 33.6. The fourth-order valence-corrected chi connectivity index (χ4v) is 1.64. The quantitative estimate of drug-likeness (QED) is 0.399. The Bertz CT molecular complexity index is 588. The minimum Gasteiger partial charge on any atom is -0.316 e. The number of benzene rings is 1. The number of non-ortho nitro benzene ring substituents is 1. The standard InChI is InChI=1S/C14H16N2O4S/c1-14(2,3)11(17)8-12(18)15-13(21)9-4-6-10(7-5-9)16(19)20/h4-7H,8H2,1-3H3,(H,15,18,21). The molecule has 0 aliphatic carbocycles. The largest absolute Gasteiger partial charge is 0.316 e. The van der Waals surface area contributed by atoms with Crippen molar-refractivity contribution >= 4 is 34.6 Å². The van der Waals surface area contributed by atoms with E-state index in [2.05, 4.69) is 5.32 Å². The molecule has 1 amide bonds. The molecule has 0 aliphatic rings. The molecule has 0 fully saturated rings. The first kappa shape index (κ1) is 16.9. The van der Waals surface area contributed by atoms with E-state index >= 15 is 0 Å². The highest BCUT2D eigenvalue weighted by molar-refractivity contribution is 7.80. The number of rotatable bonds is 4. The average molecular weight is 308 g/mol. The molecule has 0 radical (unpaired) electrons. The van der Waals surface area contributed by atoms with Crippen LogP contribution in [0.15, 0.2) is 24.3 Å². The van der Waals surface area contributed by atoms with Gasteiger partial charge in [0.1, 0.15) is 10.8 Å². The maximum atomic E-state index is 11.7. The van der Waals surface area contributed by atoms with Gasteiger partial charge in [-0.1, -0.05) is 33.0 Å². The zero-order valence-corrected chi connectivity index (χ0v) is 12.8. The summed E-state index contributed by atoms with van der Waals surface area (Å²) in [6, 6.07) is 5.50. The molecule has 0 saturated heterocycles. The Morgan fingerprint density at radius 3 is 2.19 bits per heavy atom. The van der Waals surface area contributed by atoms with Crippen molar-refractivity contribution < 1.29 is 14.5 Å². The predicted octanol–water partition coefficient (Wildman–Crippen LogP) is 2.39. The van der Waals surface area contributed by atoms with Crippen LogP contribution < -0.4 is 5.32 Å². The van der Waals surface area contributed by atoms with Crippen molar-refractivity contribution in [1.82, 2.24) is 5.32 Å². The molecule has 7 heteroatoms. The van der Waals surface area contributed by atoms with E-state index < -0.39 is 16.2 Å². The van der Waals surface area contributed by atoms with Gasteiger partial charge in [-0.2, -0.15) is 0 Å². The molecule has 112 valence electrons. The molecule has 0 saturated carbocycles. The number of hydrogen-bond acceptors (Lipinski definition) is 5. The number of Topliss-reactive ketones (excluding diaryl/α,β-unsaturated/α-hetero) is 1. The lowest BCUT2D eigenvalue weighted by Gasteiger charge is -2.16. The smallest absolute Gasteiger partial charge is 0.269 e. The molecule has 0 bridgehead atoms. The lowest BCUT2D eigenvalue weighted by atomic mass is 9.89. The van der Waals surface area contributed by atoms with Crippen LogP contribution in [-0.2, 0) is 9.59 Å². The van der Waals surface area contributed by atoms with Crippen LogP contribution in [0.2, 0.25) is 0 Å². The maximum absolute atomic E-state index is 11.7. The van der Waals surface area contributed by atoms with Crippen LogP contribution in [0, 0.1) is 15.5 Å². The third-order valence-corrected chi connectivity index (χ3v) is 3.09. The Kier molecular flexibility index (Phi) is 5.26. The number of nitrogens with one attached hydrogen (secondary N) is 1. The third-order valence-electron chi connectivity index (χ3n) is 2.75. The fraction of sp³-hybridized carbons (Fsp3) is 0.357. The topological polar surface area (TPSA) is 89.3 Å². The second-order valence-corrected chi connectivity index (χ2v) is 5.94. The van der Waals surface area contributed by atoms with Gasteiger partial charge in [0.25, 0.3) is 5.69 Å². The van der Waals surface area contributed by atoms with Gasteiger partial charge in [0.05, 0.1) is 11.3 Å². The van der Waals surface area contributed by atoms with Crippen molar-refractivity contribution in [2.75, 3.05) is 0 Å². The van der Waals surface area contributed by atoms with Gasteiger partial charge in [-0.3, -0.25) is 19.7 Å². The van der Waals surface area contributed by atoms with Crippen LogP contribution in [0.25, 0.3) is 0 Å². The zero-order chi connectivity index (χ0) is 16.2. The Hall–Kier alpha value is -2.15. The molecule has 0 aliphatic heterocycles. The van der Waals surface area contributed by atoms with Crippen LogP contribution >= 0.6 is 12.2 Å². The molecular weight excluding hydrogens is 292 g/mol. The van der Waals surface area contributed by atoms with E-state index in [1.165, 1.54) is 24.3 Å². The van der Waals surface area contributed by atoms with Crippen molar-refractivity contribution in [1.29, 1.82) is 0 Å². The molecule has 1 aromatic carbocycles. The molecule has 1 N–H and O–H groups in total. The number of carbonyl (C=O) groups is 2. The molecule has 0 unspecified atom stereocenters. The SMILES string of the molecule is CC(C)(C)C(=O)CC(=O)NC(=S)c1ccc([N+](=O)[O-])cc1. The molecule has 0 aromatic heterocycles. The number of nitro benzene ring substituents is 1. The Balaban J connectivity index is 2.67. The first-order chi connectivity index (χ1) is 9.61. The van der Waals surface area contributed by atoms with Crippen LogP contribution in [0.4, 0.5) is 5.69 Å². The number of nitrogens with zero attached hydrogens (tertiary/aromatic N) is 1. The normalized spacial score (nSPS) is 10.8. The summed E-state index contributed by atoms with van der Waals surface area (Å²) >= 11 is 5.04. The second-order valence-electron chi connectivity index (χ2n) is 5.53. The monoisotopic (exact) mass is 308 g/mol. The highest BCUT2D eigenvalue weighted by atomic mass is 32.1. The number of carbonyl (C=O) groups excluding carboxylic acids is 2. The molecule has 1 aromatic rings. The Morgan fingerprint density at radius 2 is 1.76 bits per heavy atom. The van der Waals surface area contributed by atoms with Crippen molar-refractivity contribution in [3.8, 4) is 0 Å². The highest BCUT2D eigenvalue weighted by Crippen LogP contribution is 2.16. The van der Waals surface area contributed by atoms with Crippen molar-refractivity contribution in [2.24, 2.45) is 5.41 Å². The Morgan fingerprint density at radius 1 is 1.24 bits per heavy atom. The van der Waals surface area contributed by atoms with Crippen LogP contribution in [-0.4, -0.2) is 21.6 Å². The summed E-state index contributed by atoms with van der Waals surface area (Å²) in [6.45, 7) is 5.20. The summed E-state index contributed by atoms with van der Waals surface area (Å²) in [7, 11) is 0. The lowest BCUT2D eigenvalue weighted by molar-refractivity contribution is -0.384. The van der Waals surface area contributed by atoms with Gasteiger partial charge in [-0.15, -0.1) is 0 Å². The Labute approximate surface area is 127 Å². The number of amides is 1. The number of hydrogen-bond donors (Lipinski definition) is 1. The molecule has 1 rings (SSSR count). The van der Waals surface area contributed by atoms with Crippen LogP contribution in [0.3, 0.4) is 0 Å². The van der Waals surface area contributed by atoms with E-state index in [0.717, 1.165) is 0 Å². The van der Waals surface area contributed by atoms with E-state index in [4.69, 9.17) is 12.2 Å². The molecule has 6 nitrogen and oxygen atoms in total. The van der Waals surface area contributed by atoms with Gasteiger partial charge in [0, 0.05) is 23.1 Å². The van der Waals surface area contributed by atoms with Crippen molar-refractivity contribution in [3.63, 3.8) is 0 Å². The summed E-state index contributed by atoms with van der Waals surface area (Å²) < 4.78 is 0. The minimum absolute atomic E-state index is 0.0595. The molecular formula is C14H16N2O4S. The summed E-state index contributed by atoms with van der Waals surface area (Å²) in [6.07, 6.45) is -0.253. The van der Waals surface area contributed by atoms with Gasteiger partial charge in [0.2, 0.25) is 5.91 Å². The summed E-state index contributed by atoms with van der Waals surface area (Å²) in [5.41, 5.74) is -0.172. The summed E-state index contributed by atoms with van der Waals surface area (Å²) in [5.74, 6) is -0.676. The van der Waals surface area contributed by atoms with E-state index in [1.807, 2.05) is 0 Å². The zero-order valence-electron chi connectivity index (χ0n) is 12.0. The van der Waals surface area contributed by atoms with E-state index in [9.17, 15) is 19.7 Å². The molecule has 0 atom stereocenters. The van der Waals surface area contributed by atoms with Crippen LogP contribution in [0.5, 0.6) is 0 Å². The number of thiocarbonyl (C=S) groups is 1. The van der Waals surface area contributed by atoms with Gasteiger partial charge in [0.15, 0.2) is 0 Å². The fourth-order valence-electron chi connectivity index (χ4n) is 1.39. The highest BCUT2D eigenvalue weighted by Gasteiger charge is 2.24. The first-order valence-electron chi connectivity index (χ1n) is 6.23. The van der Waals surface area contributed by atoms with Gasteiger partial charge in [-0.05, 0) is 12.1 Å². The third kappa shape index (κ3) is 5.03. The predicted molar refractivity (Wildman–Crippen MR) is 82.0 cm³/mol. The summed E-state index contributed by atoms with van der Waals surface area (Å²) in [5, 5.41) is 13.0. The second kappa shape index (κ2) is 6.53. The van der Waals surface area contributed by atoms with E-state index in [1.54, 1.807) is 20.8 Å². The van der Waals surface area contributed by atoms with Gasteiger partial charge >= 0.3 is 0 Å². The lowest BCUT2D eigenvalue weighted by Crippen LogP contribution is -2.34. The van der Waals surface area contributed by atoms with Crippen molar-refractivity contribution in [2.45, 2.75) is 27.2 Å². The maximum Gasteiger partial charge on any atom is 0.269 e. The van der Waals surface area contributed by atoms with Crippen LogP contribution in [0.1, 0.15) is 32.8 Å². The average Bonchev–Trinajstić information content (AvgIpc) is 2.37. The molecule has 0 spiro atoms. The van der Waals surface area contributed by atoms with E-state index in [0.29, 0.717) is 5.56 Å². The number of ketones is 1. The number of nitro groups is 1. The van der Waals surface area contributed by atoms with Gasteiger partial charge < -0.3 is 5.32 Å². The molecule has 21 heavy (non-hydrogen) atoms. The molecule has 0 heterocycles.